The summed E-state index contributed by atoms with van der Waals surface area (Å²) >= 11 is 0. The van der Waals surface area contributed by atoms with Crippen molar-refractivity contribution in [2.24, 2.45) is 4.99 Å². The van der Waals surface area contributed by atoms with Gasteiger partial charge in [-0.05, 0) is 24.3 Å². The maximum absolute atomic E-state index is 11.2. The second-order valence-corrected chi connectivity index (χ2v) is 6.08. The van der Waals surface area contributed by atoms with Crippen LogP contribution in [0.25, 0.3) is 10.9 Å². The van der Waals surface area contributed by atoms with Gasteiger partial charge in [0.15, 0.2) is 5.88 Å². The van der Waals surface area contributed by atoms with Gasteiger partial charge in [0.1, 0.15) is 0 Å². The number of H-pyrrole nitrogens is 1. The standard InChI is InChI=1S/C22H16N2O3/c25-21-19(17-12-11-15(22(26)27)13-18(17)24-21)20(14-7-3-1-4-8-14)23-16-9-5-2-6-10-16/h1-13,24-25H,(H,26,27). The van der Waals surface area contributed by atoms with Crippen LogP contribution in [0.2, 0.25) is 0 Å². The van der Waals surface area contributed by atoms with Crippen molar-refractivity contribution in [1.82, 2.24) is 4.98 Å². The fraction of sp³-hybridized carbons (Fsp3) is 0. The first kappa shape index (κ1) is 16.6. The molecule has 5 heteroatoms. The van der Waals surface area contributed by atoms with Crippen LogP contribution in [0, 0.1) is 0 Å². The van der Waals surface area contributed by atoms with E-state index in [9.17, 15) is 15.0 Å². The number of aromatic amines is 1. The van der Waals surface area contributed by atoms with Crippen molar-refractivity contribution >= 4 is 28.3 Å². The van der Waals surface area contributed by atoms with E-state index < -0.39 is 5.97 Å². The highest BCUT2D eigenvalue weighted by Crippen LogP contribution is 2.32. The molecule has 132 valence electrons. The van der Waals surface area contributed by atoms with E-state index in [4.69, 9.17) is 4.99 Å². The quantitative estimate of drug-likeness (QED) is 0.462. The van der Waals surface area contributed by atoms with E-state index in [0.717, 1.165) is 11.3 Å². The molecule has 5 nitrogen and oxygen atoms in total. The van der Waals surface area contributed by atoms with Crippen molar-refractivity contribution in [3.63, 3.8) is 0 Å². The van der Waals surface area contributed by atoms with Gasteiger partial charge < -0.3 is 15.2 Å². The second kappa shape index (κ2) is 6.80. The lowest BCUT2D eigenvalue weighted by atomic mass is 10.00. The molecule has 27 heavy (non-hydrogen) atoms. The molecule has 4 aromatic rings. The molecule has 0 aliphatic heterocycles. The zero-order chi connectivity index (χ0) is 18.8. The van der Waals surface area contributed by atoms with Crippen LogP contribution in [-0.2, 0) is 0 Å². The van der Waals surface area contributed by atoms with Crippen molar-refractivity contribution in [3.05, 3.63) is 95.6 Å². The normalized spacial score (nSPS) is 11.6. The van der Waals surface area contributed by atoms with E-state index >= 15 is 0 Å². The molecular formula is C22H16N2O3. The average molecular weight is 356 g/mol. The summed E-state index contributed by atoms with van der Waals surface area (Å²) in [6, 6.07) is 23.8. The zero-order valence-corrected chi connectivity index (χ0v) is 14.3. The molecule has 0 aliphatic rings. The summed E-state index contributed by atoms with van der Waals surface area (Å²) in [6.07, 6.45) is 0. The number of aliphatic imine (C=N–C) groups is 1. The Morgan fingerprint density at radius 1 is 0.852 bits per heavy atom. The Morgan fingerprint density at radius 2 is 1.52 bits per heavy atom. The molecule has 3 N–H and O–H groups in total. The number of carboxylic acids is 1. The number of aromatic nitrogens is 1. The van der Waals surface area contributed by atoms with Gasteiger partial charge in [0.2, 0.25) is 0 Å². The molecule has 1 heterocycles. The number of benzene rings is 3. The molecule has 0 radical (unpaired) electrons. The largest absolute Gasteiger partial charge is 0.494 e. The van der Waals surface area contributed by atoms with E-state index in [1.807, 2.05) is 60.7 Å². The minimum Gasteiger partial charge on any atom is -0.494 e. The van der Waals surface area contributed by atoms with Gasteiger partial charge in [0.25, 0.3) is 0 Å². The smallest absolute Gasteiger partial charge is 0.335 e. The third-order valence-electron chi connectivity index (χ3n) is 4.31. The van der Waals surface area contributed by atoms with Crippen molar-refractivity contribution in [2.75, 3.05) is 0 Å². The molecule has 1 aromatic heterocycles. The molecular weight excluding hydrogens is 340 g/mol. The zero-order valence-electron chi connectivity index (χ0n) is 14.3. The third kappa shape index (κ3) is 3.18. The average Bonchev–Trinajstić information content (AvgIpc) is 3.02. The molecule has 4 rings (SSSR count). The predicted molar refractivity (Wildman–Crippen MR) is 105 cm³/mol. The number of rotatable bonds is 4. The summed E-state index contributed by atoms with van der Waals surface area (Å²) in [4.78, 5) is 18.9. The minimum atomic E-state index is -1.02. The fourth-order valence-corrected chi connectivity index (χ4v) is 3.05. The van der Waals surface area contributed by atoms with Gasteiger partial charge in [0.05, 0.1) is 22.5 Å². The summed E-state index contributed by atoms with van der Waals surface area (Å²) in [7, 11) is 0. The first-order chi connectivity index (χ1) is 13.1. The van der Waals surface area contributed by atoms with Crippen molar-refractivity contribution in [3.8, 4) is 5.88 Å². The van der Waals surface area contributed by atoms with Gasteiger partial charge in [-0.3, -0.25) is 0 Å². The molecule has 0 saturated carbocycles. The first-order valence-electron chi connectivity index (χ1n) is 8.41. The summed E-state index contributed by atoms with van der Waals surface area (Å²) in [5.41, 5.74) is 3.44. The Kier molecular flexibility index (Phi) is 4.18. The number of nitrogens with one attached hydrogen (secondary N) is 1. The van der Waals surface area contributed by atoms with Crippen LogP contribution in [0.3, 0.4) is 0 Å². The molecule has 0 fully saturated rings. The number of nitrogens with zero attached hydrogens (tertiary/aromatic N) is 1. The van der Waals surface area contributed by atoms with Crippen LogP contribution >= 0.6 is 0 Å². The molecule has 3 aromatic carbocycles. The van der Waals surface area contributed by atoms with Crippen LogP contribution in [0.1, 0.15) is 21.5 Å². The second-order valence-electron chi connectivity index (χ2n) is 6.08. The van der Waals surface area contributed by atoms with E-state index in [-0.39, 0.29) is 11.4 Å². The number of hydrogen-bond donors (Lipinski definition) is 3. The summed E-state index contributed by atoms with van der Waals surface area (Å²) in [5, 5.41) is 20.5. The van der Waals surface area contributed by atoms with Crippen LogP contribution in [0.4, 0.5) is 5.69 Å². The van der Waals surface area contributed by atoms with Crippen molar-refractivity contribution in [1.29, 1.82) is 0 Å². The topological polar surface area (TPSA) is 85.7 Å². The number of carbonyl (C=O) groups is 1. The van der Waals surface area contributed by atoms with Crippen LogP contribution < -0.4 is 0 Å². The van der Waals surface area contributed by atoms with Crippen LogP contribution in [0.5, 0.6) is 5.88 Å². The lowest BCUT2D eigenvalue weighted by Gasteiger charge is -2.08. The minimum absolute atomic E-state index is 0.0499. The Hall–Kier alpha value is -3.86. The lowest BCUT2D eigenvalue weighted by Crippen LogP contribution is -2.03. The first-order valence-corrected chi connectivity index (χ1v) is 8.41. The van der Waals surface area contributed by atoms with Crippen molar-refractivity contribution in [2.45, 2.75) is 0 Å². The molecule has 0 spiro atoms. The molecule has 0 bridgehead atoms. The maximum atomic E-state index is 11.2. The summed E-state index contributed by atoms with van der Waals surface area (Å²) < 4.78 is 0. The molecule has 0 amide bonds. The Morgan fingerprint density at radius 3 is 2.19 bits per heavy atom. The Bertz CT molecular complexity index is 1150. The summed E-state index contributed by atoms with van der Waals surface area (Å²) in [6.45, 7) is 0. The van der Waals surface area contributed by atoms with Gasteiger partial charge >= 0.3 is 5.97 Å². The number of aromatic carboxylic acids is 1. The van der Waals surface area contributed by atoms with Gasteiger partial charge in [-0.15, -0.1) is 0 Å². The van der Waals surface area contributed by atoms with Gasteiger partial charge in [-0.1, -0.05) is 54.6 Å². The maximum Gasteiger partial charge on any atom is 0.335 e. The number of hydrogen-bond acceptors (Lipinski definition) is 3. The molecule has 0 aliphatic carbocycles. The van der Waals surface area contributed by atoms with E-state index in [0.29, 0.717) is 22.2 Å². The number of fused-ring (bicyclic) bond motifs is 1. The highest BCUT2D eigenvalue weighted by atomic mass is 16.4. The monoisotopic (exact) mass is 356 g/mol. The number of carboxylic acid groups (broad SMARTS) is 1. The lowest BCUT2D eigenvalue weighted by molar-refractivity contribution is 0.0697. The predicted octanol–water partition coefficient (Wildman–Crippen LogP) is 4.74. The van der Waals surface area contributed by atoms with Crippen LogP contribution in [0.15, 0.2) is 83.9 Å². The van der Waals surface area contributed by atoms with Gasteiger partial charge in [-0.25, -0.2) is 9.79 Å². The number of para-hydroxylation sites is 1. The van der Waals surface area contributed by atoms with E-state index in [1.165, 1.54) is 12.1 Å². The summed E-state index contributed by atoms with van der Waals surface area (Å²) in [5.74, 6) is -1.07. The third-order valence-corrected chi connectivity index (χ3v) is 4.31. The highest BCUT2D eigenvalue weighted by Gasteiger charge is 2.19. The van der Waals surface area contributed by atoms with Crippen LogP contribution in [-0.4, -0.2) is 26.9 Å². The fourth-order valence-electron chi connectivity index (χ4n) is 3.05. The molecule has 0 saturated heterocycles. The SMILES string of the molecule is O=C(O)c1ccc2c(C(=Nc3ccccc3)c3ccccc3)c(O)[nH]c2c1. The Balaban J connectivity index is 1.97. The van der Waals surface area contributed by atoms with Gasteiger partial charge in [-0.2, -0.15) is 0 Å². The Labute approximate surface area is 155 Å². The van der Waals surface area contributed by atoms with E-state index in [1.54, 1.807) is 6.07 Å². The molecule has 0 unspecified atom stereocenters. The van der Waals surface area contributed by atoms with Gasteiger partial charge in [0, 0.05) is 16.5 Å². The van der Waals surface area contributed by atoms with E-state index in [2.05, 4.69) is 4.98 Å². The number of aromatic hydroxyl groups is 1. The molecule has 0 atom stereocenters. The highest BCUT2D eigenvalue weighted by molar-refractivity contribution is 6.22. The van der Waals surface area contributed by atoms with Crippen molar-refractivity contribution < 1.29 is 15.0 Å².